The number of amides is 2. The van der Waals surface area contributed by atoms with E-state index in [4.69, 9.17) is 10.5 Å². The highest BCUT2D eigenvalue weighted by molar-refractivity contribution is 5.93. The van der Waals surface area contributed by atoms with Crippen LogP contribution in [0.25, 0.3) is 0 Å². The number of esters is 1. The summed E-state index contributed by atoms with van der Waals surface area (Å²) in [6, 6.07) is 4.67. The topological polar surface area (TPSA) is 93.9 Å². The van der Waals surface area contributed by atoms with Crippen molar-refractivity contribution in [2.24, 2.45) is 0 Å². The molecule has 1 aromatic carbocycles. The highest BCUT2D eigenvalue weighted by atomic mass is 16.5. The van der Waals surface area contributed by atoms with Crippen LogP contribution in [-0.4, -0.2) is 50.3 Å². The molecule has 0 aliphatic carbocycles. The summed E-state index contributed by atoms with van der Waals surface area (Å²) < 4.78 is 10.2. The zero-order chi connectivity index (χ0) is 14.5. The molecule has 1 fully saturated rings. The van der Waals surface area contributed by atoms with Gasteiger partial charge >= 0.3 is 12.0 Å². The summed E-state index contributed by atoms with van der Waals surface area (Å²) in [6.45, 7) is 2.06. The molecule has 3 N–H and O–H groups in total. The van der Waals surface area contributed by atoms with Gasteiger partial charge in [0.15, 0.2) is 0 Å². The molecule has 1 heterocycles. The molecule has 20 heavy (non-hydrogen) atoms. The first-order chi connectivity index (χ1) is 9.61. The summed E-state index contributed by atoms with van der Waals surface area (Å²) >= 11 is 0. The van der Waals surface area contributed by atoms with Gasteiger partial charge in [-0.15, -0.1) is 0 Å². The molecule has 0 spiro atoms. The Morgan fingerprint density at radius 3 is 2.95 bits per heavy atom. The van der Waals surface area contributed by atoms with E-state index in [1.807, 2.05) is 0 Å². The molecule has 1 aliphatic heterocycles. The largest absolute Gasteiger partial charge is 0.491 e. The molecule has 0 aromatic heterocycles. The predicted octanol–water partition coefficient (Wildman–Crippen LogP) is 0.459. The number of hydrogen-bond donors (Lipinski definition) is 2. The van der Waals surface area contributed by atoms with Gasteiger partial charge in [0.25, 0.3) is 0 Å². The monoisotopic (exact) mass is 279 g/mol. The Hall–Kier alpha value is -2.44. The predicted molar refractivity (Wildman–Crippen MR) is 72.7 cm³/mol. The quantitative estimate of drug-likeness (QED) is 0.603. The van der Waals surface area contributed by atoms with Crippen LogP contribution in [0.3, 0.4) is 0 Å². The lowest BCUT2D eigenvalue weighted by Crippen LogP contribution is -2.32. The van der Waals surface area contributed by atoms with Crippen molar-refractivity contribution in [1.82, 2.24) is 10.2 Å². The normalized spacial score (nSPS) is 14.1. The van der Waals surface area contributed by atoms with Gasteiger partial charge in [0, 0.05) is 18.8 Å². The number of hydrogen-bond acceptors (Lipinski definition) is 5. The Morgan fingerprint density at radius 1 is 1.50 bits per heavy atom. The van der Waals surface area contributed by atoms with Crippen LogP contribution < -0.4 is 15.8 Å². The third-order valence-electron chi connectivity index (χ3n) is 2.97. The third-order valence-corrected chi connectivity index (χ3v) is 2.97. The van der Waals surface area contributed by atoms with Crippen LogP contribution in [0.1, 0.15) is 10.4 Å². The summed E-state index contributed by atoms with van der Waals surface area (Å²) in [5.74, 6) is -0.114. The number of methoxy groups -OCH3 is 1. The fourth-order valence-corrected chi connectivity index (χ4v) is 1.93. The van der Waals surface area contributed by atoms with Gasteiger partial charge in [-0.2, -0.15) is 0 Å². The van der Waals surface area contributed by atoms with E-state index in [2.05, 4.69) is 10.1 Å². The Morgan fingerprint density at radius 2 is 2.30 bits per heavy atom. The van der Waals surface area contributed by atoms with E-state index in [0.717, 1.165) is 0 Å². The van der Waals surface area contributed by atoms with Crippen LogP contribution in [0.2, 0.25) is 0 Å². The van der Waals surface area contributed by atoms with E-state index in [9.17, 15) is 9.59 Å². The number of nitrogens with two attached hydrogens (primary N) is 1. The summed E-state index contributed by atoms with van der Waals surface area (Å²) in [5.41, 5.74) is 6.37. The van der Waals surface area contributed by atoms with Crippen molar-refractivity contribution in [2.45, 2.75) is 0 Å². The number of nitrogens with zero attached hydrogens (tertiary/aromatic N) is 1. The second-order valence-electron chi connectivity index (χ2n) is 4.31. The molecule has 0 radical (unpaired) electrons. The SMILES string of the molecule is COC(=O)c1cc(N)ccc1OCCN1CCNC1=O. The highest BCUT2D eigenvalue weighted by Gasteiger charge is 2.19. The van der Waals surface area contributed by atoms with E-state index in [1.165, 1.54) is 13.2 Å². The lowest BCUT2D eigenvalue weighted by Gasteiger charge is -2.15. The molecule has 7 heteroatoms. The Labute approximate surface area is 116 Å². The van der Waals surface area contributed by atoms with Crippen molar-refractivity contribution in [2.75, 3.05) is 39.1 Å². The van der Waals surface area contributed by atoms with Gasteiger partial charge in [-0.05, 0) is 18.2 Å². The van der Waals surface area contributed by atoms with E-state index < -0.39 is 5.97 Å². The standard InChI is InChI=1S/C13H17N3O4/c1-19-12(17)10-8-9(14)2-3-11(10)20-7-6-16-5-4-15-13(16)18/h2-3,8H,4-7,14H2,1H3,(H,15,18). The molecule has 108 valence electrons. The molecular weight excluding hydrogens is 262 g/mol. The maximum absolute atomic E-state index is 11.6. The van der Waals surface area contributed by atoms with Crippen LogP contribution in [0.4, 0.5) is 10.5 Å². The van der Waals surface area contributed by atoms with Crippen molar-refractivity contribution in [3.05, 3.63) is 23.8 Å². The van der Waals surface area contributed by atoms with Crippen molar-refractivity contribution in [3.63, 3.8) is 0 Å². The maximum atomic E-state index is 11.6. The second-order valence-corrected chi connectivity index (χ2v) is 4.31. The number of benzene rings is 1. The van der Waals surface area contributed by atoms with Crippen LogP contribution in [0, 0.1) is 0 Å². The average molecular weight is 279 g/mol. The molecule has 2 rings (SSSR count). The van der Waals surface area contributed by atoms with Gasteiger partial charge < -0.3 is 25.4 Å². The number of nitrogen functional groups attached to an aromatic ring is 1. The van der Waals surface area contributed by atoms with Gasteiger partial charge in [-0.25, -0.2) is 9.59 Å². The Balaban J connectivity index is 1.98. The number of rotatable bonds is 5. The molecule has 7 nitrogen and oxygen atoms in total. The lowest BCUT2D eigenvalue weighted by molar-refractivity contribution is 0.0595. The maximum Gasteiger partial charge on any atom is 0.341 e. The first kappa shape index (κ1) is 14.0. The number of carbonyl (C=O) groups excluding carboxylic acids is 2. The average Bonchev–Trinajstić information content (AvgIpc) is 2.85. The summed E-state index contributed by atoms with van der Waals surface area (Å²) in [7, 11) is 1.30. The fraction of sp³-hybridized carbons (Fsp3) is 0.385. The summed E-state index contributed by atoms with van der Waals surface area (Å²) in [5, 5.41) is 2.71. The number of anilines is 1. The number of urea groups is 1. The zero-order valence-electron chi connectivity index (χ0n) is 11.2. The van der Waals surface area contributed by atoms with E-state index in [-0.39, 0.29) is 11.6 Å². The smallest absolute Gasteiger partial charge is 0.341 e. The highest BCUT2D eigenvalue weighted by Crippen LogP contribution is 2.22. The third kappa shape index (κ3) is 3.11. The molecular formula is C13H17N3O4. The van der Waals surface area contributed by atoms with Crippen LogP contribution in [0.15, 0.2) is 18.2 Å². The summed E-state index contributed by atoms with van der Waals surface area (Å²) in [4.78, 5) is 24.6. The van der Waals surface area contributed by atoms with E-state index in [0.29, 0.717) is 37.7 Å². The minimum atomic E-state index is -0.508. The molecule has 1 saturated heterocycles. The van der Waals surface area contributed by atoms with Crippen LogP contribution in [-0.2, 0) is 4.74 Å². The Kier molecular flexibility index (Phi) is 4.29. The van der Waals surface area contributed by atoms with Gasteiger partial charge in [-0.1, -0.05) is 0 Å². The number of nitrogens with one attached hydrogen (secondary N) is 1. The van der Waals surface area contributed by atoms with Crippen molar-refractivity contribution in [3.8, 4) is 5.75 Å². The second kappa shape index (κ2) is 6.14. The van der Waals surface area contributed by atoms with Gasteiger partial charge in [0.05, 0.1) is 13.7 Å². The van der Waals surface area contributed by atoms with Crippen molar-refractivity contribution >= 4 is 17.7 Å². The van der Waals surface area contributed by atoms with Gasteiger partial charge in [-0.3, -0.25) is 0 Å². The van der Waals surface area contributed by atoms with Crippen LogP contribution >= 0.6 is 0 Å². The molecule has 1 aliphatic rings. The number of ether oxygens (including phenoxy) is 2. The molecule has 0 bridgehead atoms. The first-order valence-corrected chi connectivity index (χ1v) is 6.25. The minimum absolute atomic E-state index is 0.0981. The van der Waals surface area contributed by atoms with Gasteiger partial charge in [0.2, 0.25) is 0 Å². The molecule has 1 aromatic rings. The van der Waals surface area contributed by atoms with Crippen molar-refractivity contribution < 1.29 is 19.1 Å². The molecule has 0 unspecified atom stereocenters. The van der Waals surface area contributed by atoms with Crippen molar-refractivity contribution in [1.29, 1.82) is 0 Å². The molecule has 0 atom stereocenters. The zero-order valence-corrected chi connectivity index (χ0v) is 11.2. The fourth-order valence-electron chi connectivity index (χ4n) is 1.93. The minimum Gasteiger partial charge on any atom is -0.491 e. The summed E-state index contributed by atoms with van der Waals surface area (Å²) in [6.07, 6.45) is 0. The van der Waals surface area contributed by atoms with Gasteiger partial charge in [0.1, 0.15) is 17.9 Å². The first-order valence-electron chi connectivity index (χ1n) is 6.25. The molecule has 2 amide bonds. The lowest BCUT2D eigenvalue weighted by atomic mass is 10.2. The van der Waals surface area contributed by atoms with E-state index >= 15 is 0 Å². The Bertz CT molecular complexity index is 518. The van der Waals surface area contributed by atoms with E-state index in [1.54, 1.807) is 17.0 Å². The van der Waals surface area contributed by atoms with Crippen LogP contribution in [0.5, 0.6) is 5.75 Å². The molecule has 0 saturated carbocycles. The number of carbonyl (C=O) groups is 2.